The molecule has 132 valence electrons. The number of hydrogen-bond acceptors (Lipinski definition) is 4. The van der Waals surface area contributed by atoms with Crippen molar-refractivity contribution >= 4 is 57.9 Å². The monoisotopic (exact) mass is 402 g/mol. The number of rotatable bonds is 5. The van der Waals surface area contributed by atoms with Crippen molar-refractivity contribution in [2.75, 3.05) is 16.9 Å². The fraction of sp³-hybridized carbons (Fsp3) is 0.0526. The molecule has 0 aliphatic heterocycles. The smallest absolute Gasteiger partial charge is 0.265 e. The first-order valence-electron chi connectivity index (χ1n) is 7.66. The Hall–Kier alpha value is -2.28. The van der Waals surface area contributed by atoms with Gasteiger partial charge in [0.1, 0.15) is 0 Å². The normalized spacial score (nSPS) is 10.4. The molecule has 7 heteroatoms. The third-order valence-corrected chi connectivity index (χ3v) is 5.51. The summed E-state index contributed by atoms with van der Waals surface area (Å²) in [5.74, 6) is -0.530. The van der Waals surface area contributed by atoms with E-state index in [2.05, 4.69) is 10.6 Å². The average molecular weight is 403 g/mol. The molecule has 1 heterocycles. The van der Waals surface area contributed by atoms with Crippen LogP contribution >= 0.6 is 34.7 Å². The summed E-state index contributed by atoms with van der Waals surface area (Å²) in [5, 5.41) is 7.77. The molecule has 0 fully saturated rings. The number of thiophene rings is 1. The average Bonchev–Trinajstić information content (AvgIpc) is 3.19. The number of thioether (sulfide) groups is 1. The molecule has 3 rings (SSSR count). The van der Waals surface area contributed by atoms with Crippen LogP contribution in [0.25, 0.3) is 0 Å². The Bertz CT molecular complexity index is 925. The Morgan fingerprint density at radius 3 is 2.42 bits per heavy atom. The Morgan fingerprint density at radius 2 is 1.77 bits per heavy atom. The van der Waals surface area contributed by atoms with Gasteiger partial charge >= 0.3 is 0 Å². The molecule has 26 heavy (non-hydrogen) atoms. The quantitative estimate of drug-likeness (QED) is 0.544. The third-order valence-electron chi connectivity index (χ3n) is 3.57. The van der Waals surface area contributed by atoms with E-state index in [4.69, 9.17) is 11.6 Å². The highest BCUT2D eigenvalue weighted by molar-refractivity contribution is 7.98. The molecule has 0 radical (unpaired) electrons. The van der Waals surface area contributed by atoms with E-state index in [0.29, 0.717) is 26.8 Å². The van der Waals surface area contributed by atoms with Crippen LogP contribution in [0.1, 0.15) is 20.0 Å². The van der Waals surface area contributed by atoms with Gasteiger partial charge in [-0.25, -0.2) is 0 Å². The highest BCUT2D eigenvalue weighted by Gasteiger charge is 2.13. The molecule has 0 aliphatic rings. The Balaban J connectivity index is 1.75. The van der Waals surface area contributed by atoms with Crippen LogP contribution in [0.5, 0.6) is 0 Å². The predicted octanol–water partition coefficient (Wildman–Crippen LogP) is 5.63. The first kappa shape index (κ1) is 18.5. The number of halogens is 1. The number of amides is 2. The molecule has 0 spiro atoms. The molecule has 2 amide bonds. The lowest BCUT2D eigenvalue weighted by molar-refractivity contribution is 0.101. The zero-order chi connectivity index (χ0) is 18.5. The van der Waals surface area contributed by atoms with Crippen molar-refractivity contribution in [1.82, 2.24) is 0 Å². The molecule has 0 saturated carbocycles. The fourth-order valence-electron chi connectivity index (χ4n) is 2.23. The Labute approximate surface area is 164 Å². The minimum Gasteiger partial charge on any atom is -0.322 e. The van der Waals surface area contributed by atoms with Gasteiger partial charge in [-0.05, 0) is 60.2 Å². The van der Waals surface area contributed by atoms with E-state index < -0.39 is 0 Å². The van der Waals surface area contributed by atoms with Gasteiger partial charge in [-0.3, -0.25) is 9.59 Å². The lowest BCUT2D eigenvalue weighted by atomic mass is 10.1. The molecular formula is C19H15ClN2O2S2. The van der Waals surface area contributed by atoms with E-state index in [-0.39, 0.29) is 11.8 Å². The molecule has 0 bridgehead atoms. The van der Waals surface area contributed by atoms with Crippen molar-refractivity contribution < 1.29 is 9.59 Å². The van der Waals surface area contributed by atoms with Crippen LogP contribution in [0.3, 0.4) is 0 Å². The highest BCUT2D eigenvalue weighted by atomic mass is 35.5. The van der Waals surface area contributed by atoms with Crippen LogP contribution in [0.2, 0.25) is 5.02 Å². The van der Waals surface area contributed by atoms with Crippen LogP contribution in [0, 0.1) is 0 Å². The van der Waals surface area contributed by atoms with Gasteiger partial charge in [0.05, 0.1) is 15.6 Å². The predicted molar refractivity (Wildman–Crippen MR) is 110 cm³/mol. The summed E-state index contributed by atoms with van der Waals surface area (Å²) in [7, 11) is 0. The van der Waals surface area contributed by atoms with E-state index in [1.54, 1.807) is 42.1 Å². The highest BCUT2D eigenvalue weighted by Crippen LogP contribution is 2.25. The van der Waals surface area contributed by atoms with Crippen molar-refractivity contribution in [3.63, 3.8) is 0 Å². The first-order valence-corrected chi connectivity index (χ1v) is 10.1. The number of carbonyl (C=O) groups is 2. The number of hydrogen-bond donors (Lipinski definition) is 2. The van der Waals surface area contributed by atoms with Gasteiger partial charge in [0.2, 0.25) is 0 Å². The van der Waals surface area contributed by atoms with Crippen molar-refractivity contribution in [2.24, 2.45) is 0 Å². The maximum atomic E-state index is 12.5. The van der Waals surface area contributed by atoms with E-state index >= 15 is 0 Å². The molecule has 1 aromatic heterocycles. The standard InChI is InChI=1S/C19H15ClN2O2S2/c1-25-14-7-5-13(6-8-14)21-18(23)12-4-9-15(20)16(11-12)22-19(24)17-3-2-10-26-17/h2-11H,1H3,(H,21,23)(H,22,24). The lowest BCUT2D eigenvalue weighted by Crippen LogP contribution is -2.14. The van der Waals surface area contributed by atoms with Gasteiger partial charge in [0.15, 0.2) is 0 Å². The maximum Gasteiger partial charge on any atom is 0.265 e. The van der Waals surface area contributed by atoms with Crippen LogP contribution in [0.4, 0.5) is 11.4 Å². The van der Waals surface area contributed by atoms with Crippen LogP contribution in [-0.2, 0) is 0 Å². The molecule has 3 aromatic rings. The number of nitrogens with one attached hydrogen (secondary N) is 2. The minimum absolute atomic E-state index is 0.257. The summed E-state index contributed by atoms with van der Waals surface area (Å²) >= 11 is 9.12. The van der Waals surface area contributed by atoms with E-state index in [9.17, 15) is 9.59 Å². The van der Waals surface area contributed by atoms with Crippen molar-refractivity contribution in [1.29, 1.82) is 0 Å². The van der Waals surface area contributed by atoms with E-state index in [1.165, 1.54) is 11.3 Å². The number of carbonyl (C=O) groups excluding carboxylic acids is 2. The Morgan fingerprint density at radius 1 is 1.00 bits per heavy atom. The molecule has 0 aliphatic carbocycles. The van der Waals surface area contributed by atoms with Gasteiger partial charge < -0.3 is 10.6 Å². The second-order valence-electron chi connectivity index (χ2n) is 5.31. The van der Waals surface area contributed by atoms with Gasteiger partial charge in [0, 0.05) is 16.1 Å². The summed E-state index contributed by atoms with van der Waals surface area (Å²) in [6, 6.07) is 15.9. The fourth-order valence-corrected chi connectivity index (χ4v) is 3.42. The first-order chi connectivity index (χ1) is 12.6. The molecule has 0 unspecified atom stereocenters. The summed E-state index contributed by atoms with van der Waals surface area (Å²) in [6.45, 7) is 0. The SMILES string of the molecule is CSc1ccc(NC(=O)c2ccc(Cl)c(NC(=O)c3cccs3)c2)cc1. The topological polar surface area (TPSA) is 58.2 Å². The third kappa shape index (κ3) is 4.46. The number of benzene rings is 2. The largest absolute Gasteiger partial charge is 0.322 e. The van der Waals surface area contributed by atoms with Gasteiger partial charge in [0.25, 0.3) is 11.8 Å². The zero-order valence-corrected chi connectivity index (χ0v) is 16.2. The van der Waals surface area contributed by atoms with Crippen LogP contribution < -0.4 is 10.6 Å². The number of anilines is 2. The van der Waals surface area contributed by atoms with Crippen molar-refractivity contribution in [2.45, 2.75) is 4.90 Å². The van der Waals surface area contributed by atoms with Crippen molar-refractivity contribution in [3.05, 3.63) is 75.4 Å². The van der Waals surface area contributed by atoms with Crippen LogP contribution in [-0.4, -0.2) is 18.1 Å². The second kappa shape index (κ2) is 8.40. The van der Waals surface area contributed by atoms with Crippen molar-refractivity contribution in [3.8, 4) is 0 Å². The van der Waals surface area contributed by atoms with Gasteiger partial charge in [-0.1, -0.05) is 17.7 Å². The van der Waals surface area contributed by atoms with Crippen LogP contribution in [0.15, 0.2) is 64.9 Å². The summed E-state index contributed by atoms with van der Waals surface area (Å²) in [4.78, 5) is 26.4. The molecular weight excluding hydrogens is 388 g/mol. The van der Waals surface area contributed by atoms with E-state index in [0.717, 1.165) is 4.90 Å². The Kier molecular flexibility index (Phi) is 5.98. The van der Waals surface area contributed by atoms with Gasteiger partial charge in [-0.2, -0.15) is 0 Å². The lowest BCUT2D eigenvalue weighted by Gasteiger charge is -2.10. The molecule has 0 saturated heterocycles. The molecule has 0 atom stereocenters. The molecule has 2 aromatic carbocycles. The van der Waals surface area contributed by atoms with E-state index in [1.807, 2.05) is 35.9 Å². The minimum atomic E-state index is -0.273. The summed E-state index contributed by atoms with van der Waals surface area (Å²) in [6.07, 6.45) is 1.99. The molecule has 4 nitrogen and oxygen atoms in total. The van der Waals surface area contributed by atoms with Gasteiger partial charge in [-0.15, -0.1) is 23.1 Å². The summed E-state index contributed by atoms with van der Waals surface area (Å²) < 4.78 is 0. The molecule has 2 N–H and O–H groups in total. The summed E-state index contributed by atoms with van der Waals surface area (Å²) in [5.41, 5.74) is 1.51. The second-order valence-corrected chi connectivity index (χ2v) is 7.54. The zero-order valence-electron chi connectivity index (χ0n) is 13.8. The maximum absolute atomic E-state index is 12.5.